The number of nitrogens with one attached hydrogen (secondary N) is 1. The first-order chi connectivity index (χ1) is 34.0. The van der Waals surface area contributed by atoms with Crippen molar-refractivity contribution in [2.24, 2.45) is 5.73 Å². The van der Waals surface area contributed by atoms with Crippen LogP contribution in [0.4, 0.5) is 38.5 Å². The van der Waals surface area contributed by atoms with Gasteiger partial charge in [-0.1, -0.05) is 52.0 Å². The minimum absolute atomic E-state index is 0.0676. The Morgan fingerprint density at radius 1 is 0.620 bits per heavy atom. The number of hydrogen-bond donors (Lipinski definition) is 2. The molecule has 5 amide bonds. The van der Waals surface area contributed by atoms with Gasteiger partial charge >= 0.3 is 18.5 Å². The summed E-state index contributed by atoms with van der Waals surface area (Å²) in [5.74, 6) is -3.25. The van der Waals surface area contributed by atoms with Crippen LogP contribution in [0.1, 0.15) is 120 Å². The zero-order valence-electron chi connectivity index (χ0n) is 40.2. The van der Waals surface area contributed by atoms with Gasteiger partial charge in [-0.05, 0) is 87.1 Å². The van der Waals surface area contributed by atoms with Gasteiger partial charge < -0.3 is 20.9 Å². The highest BCUT2D eigenvalue weighted by molar-refractivity contribution is 7.19. The lowest BCUT2D eigenvalue weighted by atomic mass is 10.1. The van der Waals surface area contributed by atoms with Crippen LogP contribution in [-0.4, -0.2) is 95.0 Å². The molecule has 0 aliphatic carbocycles. The molecule has 0 radical (unpaired) electrons. The highest BCUT2D eigenvalue weighted by atomic mass is 32.1. The van der Waals surface area contributed by atoms with Crippen LogP contribution in [0, 0.1) is 11.6 Å². The number of halogens is 4. The molecule has 13 nitrogen and oxygen atoms in total. The first-order valence-corrected chi connectivity index (χ1v) is 25.5. The van der Waals surface area contributed by atoms with Gasteiger partial charge in [0.1, 0.15) is 11.6 Å². The largest absolute Gasteiger partial charge is 0.344 e. The number of rotatable bonds is 14. The number of likely N-dealkylation sites (tertiary alicyclic amines) is 2. The van der Waals surface area contributed by atoms with Gasteiger partial charge in [0.25, 0.3) is 5.91 Å². The number of urea groups is 2. The van der Waals surface area contributed by atoms with E-state index in [-0.39, 0.29) is 60.1 Å². The number of anilines is 2. The molecule has 0 spiro atoms. The van der Waals surface area contributed by atoms with Crippen LogP contribution < -0.4 is 20.9 Å². The van der Waals surface area contributed by atoms with E-state index in [0.29, 0.717) is 49.0 Å². The summed E-state index contributed by atoms with van der Waals surface area (Å²) < 4.78 is 56.7. The number of amides is 5. The molecule has 8 rings (SSSR count). The molecule has 2 fully saturated rings. The number of aromatic nitrogens is 2. The number of fused-ring (bicyclic) bond motifs is 2. The van der Waals surface area contributed by atoms with Gasteiger partial charge in [0, 0.05) is 71.6 Å². The van der Waals surface area contributed by atoms with Crippen LogP contribution in [0.5, 0.6) is 0 Å². The van der Waals surface area contributed by atoms with Crippen molar-refractivity contribution in [3.05, 3.63) is 117 Å². The smallest absolute Gasteiger partial charge is 0.324 e. The summed E-state index contributed by atoms with van der Waals surface area (Å²) in [5.41, 5.74) is 9.16. The van der Waals surface area contributed by atoms with Crippen LogP contribution in [0.15, 0.2) is 72.8 Å². The van der Waals surface area contributed by atoms with Crippen molar-refractivity contribution in [3.8, 4) is 0 Å². The molecule has 2 aromatic heterocycles. The molecule has 2 aliphatic rings. The number of nitrogens with two attached hydrogens (primary N) is 1. The van der Waals surface area contributed by atoms with Gasteiger partial charge in [0.05, 0.1) is 56.6 Å². The van der Waals surface area contributed by atoms with E-state index in [1.807, 2.05) is 40.5 Å². The number of ketones is 2. The molecule has 2 aliphatic heterocycles. The molecule has 0 unspecified atom stereocenters. The van der Waals surface area contributed by atoms with Crippen molar-refractivity contribution in [1.29, 1.82) is 0 Å². The molecule has 0 bridgehead atoms. The van der Waals surface area contributed by atoms with E-state index in [0.717, 1.165) is 75.0 Å². The molecule has 4 aromatic carbocycles. The minimum atomic E-state index is -3.24. The fourth-order valence-corrected chi connectivity index (χ4v) is 10.3. The number of benzene rings is 4. The van der Waals surface area contributed by atoms with E-state index < -0.39 is 36.3 Å². The Morgan fingerprint density at radius 2 is 1.04 bits per heavy atom. The molecular weight excluding hydrogens is 957 g/mol. The van der Waals surface area contributed by atoms with Crippen LogP contribution in [-0.2, 0) is 17.9 Å². The Labute approximate surface area is 418 Å². The maximum Gasteiger partial charge on any atom is 0.324 e. The van der Waals surface area contributed by atoms with E-state index in [1.165, 1.54) is 23.1 Å². The van der Waals surface area contributed by atoms with Gasteiger partial charge in [-0.2, -0.15) is 8.78 Å². The minimum Gasteiger partial charge on any atom is -0.344 e. The Kier molecular flexibility index (Phi) is 17.6. The molecule has 19 heteroatoms. The number of hydrogen-bond acceptors (Lipinski definition) is 10. The topological polar surface area (TPSA) is 162 Å². The monoisotopic (exact) mass is 1010 g/mol. The maximum absolute atomic E-state index is 15.1. The molecule has 376 valence electrons. The van der Waals surface area contributed by atoms with Crippen LogP contribution >= 0.6 is 22.7 Å². The Morgan fingerprint density at radius 3 is 1.42 bits per heavy atom. The van der Waals surface area contributed by atoms with Crippen molar-refractivity contribution in [1.82, 2.24) is 25.1 Å². The molecule has 0 atom stereocenters. The van der Waals surface area contributed by atoms with E-state index in [9.17, 15) is 37.1 Å². The lowest BCUT2D eigenvalue weighted by Crippen LogP contribution is -2.45. The predicted molar refractivity (Wildman–Crippen MR) is 271 cm³/mol. The summed E-state index contributed by atoms with van der Waals surface area (Å²) in [6.07, 6.45) is 2.66. The first-order valence-electron chi connectivity index (χ1n) is 23.8. The van der Waals surface area contributed by atoms with E-state index in [4.69, 9.17) is 5.73 Å². The third-order valence-electron chi connectivity index (χ3n) is 12.3. The second kappa shape index (κ2) is 23.7. The van der Waals surface area contributed by atoms with Crippen molar-refractivity contribution in [3.63, 3.8) is 0 Å². The van der Waals surface area contributed by atoms with Gasteiger partial charge in [-0.15, -0.1) is 22.7 Å². The van der Waals surface area contributed by atoms with Crippen LogP contribution in [0.25, 0.3) is 20.4 Å². The van der Waals surface area contributed by atoms with Crippen molar-refractivity contribution in [2.45, 2.75) is 97.6 Å². The predicted octanol–water partition coefficient (Wildman–Crippen LogP) is 11.0. The molecule has 6 aromatic rings. The fraction of sp³-hybridized carbons (Fsp3) is 0.404. The number of alkyl halides is 2. The molecule has 4 heterocycles. The zero-order valence-corrected chi connectivity index (χ0v) is 41.8. The molecule has 2 saturated heterocycles. The quantitative estimate of drug-likeness (QED) is 0.0805. The number of Topliss-reactive ketones (excluding diaryl/α,β-unsaturated/α-hetero) is 2. The second-order valence-corrected chi connectivity index (χ2v) is 20.4. The normalized spacial score (nSPS) is 14.0. The van der Waals surface area contributed by atoms with E-state index in [2.05, 4.69) is 37.7 Å². The average molecular weight is 1020 g/mol. The lowest BCUT2D eigenvalue weighted by Gasteiger charge is -2.33. The number of carbonyl (C=O) groups is 5. The Bertz CT molecular complexity index is 2900. The van der Waals surface area contributed by atoms with Crippen molar-refractivity contribution in [2.75, 3.05) is 49.1 Å². The van der Waals surface area contributed by atoms with Crippen molar-refractivity contribution >= 4 is 84.0 Å². The Balaban J connectivity index is 0.000000211. The van der Waals surface area contributed by atoms with Crippen LogP contribution in [0.3, 0.4) is 0 Å². The summed E-state index contributed by atoms with van der Waals surface area (Å²) in [5, 5.41) is 3.85. The van der Waals surface area contributed by atoms with Gasteiger partial charge in [0.2, 0.25) is 0 Å². The average Bonchev–Trinajstić information content (AvgIpc) is 4.02. The van der Waals surface area contributed by atoms with Crippen molar-refractivity contribution < 1.29 is 41.5 Å². The summed E-state index contributed by atoms with van der Waals surface area (Å²) in [6, 6.07) is 19.0. The number of thiazole rings is 2. The standard InChI is InChI=1S/C27H29F3N4O3S.C25H29FN4O2S/c1-16(2)26-32-21-9-8-19(13-23(21)38-26)34(27(37)33-10-4-3-5-11-33)15-18-7-6-17(12-20(18)28)22(35)14-31-25(36)24(29)30;1-16(2)24-28-21-9-8-19(13-23(21)33-24)30(25(32)29-10-4-3-5-11-29)15-18-7-6-17(12-20(18)26)22(31)14-27/h6-9,12-13,16,24H,3-5,10-11,14-15H2,1-2H3,(H,31,36);6-9,12-13,16H,3-5,10-11,14-15,27H2,1-2H3. The Hall–Kier alpha value is -6.31. The summed E-state index contributed by atoms with van der Waals surface area (Å²) in [6.45, 7) is 10.1. The van der Waals surface area contributed by atoms with E-state index >= 15 is 4.39 Å². The highest BCUT2D eigenvalue weighted by Gasteiger charge is 2.28. The summed E-state index contributed by atoms with van der Waals surface area (Å²) in [4.78, 5) is 78.4. The van der Waals surface area contributed by atoms with E-state index in [1.54, 1.807) is 50.7 Å². The second-order valence-electron chi connectivity index (χ2n) is 18.2. The molecule has 3 N–H and O–H groups in total. The molecular formula is C52H58F4N8O5S2. The summed E-state index contributed by atoms with van der Waals surface area (Å²) in [7, 11) is 0. The zero-order chi connectivity index (χ0) is 50.9. The number of piperidine rings is 2. The summed E-state index contributed by atoms with van der Waals surface area (Å²) >= 11 is 3.17. The van der Waals surface area contributed by atoms with Gasteiger partial charge in [0.15, 0.2) is 11.6 Å². The lowest BCUT2D eigenvalue weighted by molar-refractivity contribution is -0.131. The van der Waals surface area contributed by atoms with Crippen LogP contribution in [0.2, 0.25) is 0 Å². The highest BCUT2D eigenvalue weighted by Crippen LogP contribution is 2.34. The first kappa shape index (κ1) is 52.5. The fourth-order valence-electron chi connectivity index (χ4n) is 8.25. The van der Waals surface area contributed by atoms with Gasteiger partial charge in [-0.3, -0.25) is 24.2 Å². The SMILES string of the molecule is CC(C)c1nc2ccc(N(Cc3ccc(C(=O)CN)cc3F)C(=O)N3CCCCC3)cc2s1.CC(C)c1nc2ccc(N(Cc3ccc(C(=O)CNC(=O)C(F)F)cc3F)C(=O)N3CCCCC3)cc2s1. The maximum atomic E-state index is 15.1. The number of nitrogens with zero attached hydrogens (tertiary/aromatic N) is 6. The van der Waals surface area contributed by atoms with Gasteiger partial charge in [-0.25, -0.2) is 28.3 Å². The number of carbonyl (C=O) groups excluding carboxylic acids is 5. The molecule has 71 heavy (non-hydrogen) atoms. The third-order valence-corrected chi connectivity index (χ3v) is 15.0. The third kappa shape index (κ3) is 13.0. The molecule has 0 saturated carbocycles.